The molecule has 0 saturated heterocycles. The number of ether oxygens (including phenoxy) is 3. The molecule has 14 nitrogen and oxygen atoms in total. The summed E-state index contributed by atoms with van der Waals surface area (Å²) in [6.07, 6.45) is -2.50. The van der Waals surface area contributed by atoms with Crippen molar-refractivity contribution in [1.82, 2.24) is 21.3 Å². The first-order valence-electron chi connectivity index (χ1n) is 18.5. The van der Waals surface area contributed by atoms with Crippen molar-refractivity contribution in [2.45, 2.75) is 96.8 Å². The van der Waals surface area contributed by atoms with Gasteiger partial charge in [0.1, 0.15) is 5.78 Å². The Morgan fingerprint density at radius 1 is 0.745 bits per heavy atom. The van der Waals surface area contributed by atoms with E-state index in [0.29, 0.717) is 77.1 Å². The van der Waals surface area contributed by atoms with Crippen LogP contribution >= 0.6 is 0 Å². The van der Waals surface area contributed by atoms with E-state index in [2.05, 4.69) is 16.0 Å². The highest BCUT2D eigenvalue weighted by molar-refractivity contribution is 5.95. The smallest absolute Gasteiger partial charge is 0.382 e. The number of ketones is 3. The van der Waals surface area contributed by atoms with Crippen LogP contribution in [0, 0.1) is 11.8 Å². The van der Waals surface area contributed by atoms with Crippen LogP contribution in [0.15, 0.2) is 30.3 Å². The van der Waals surface area contributed by atoms with Gasteiger partial charge in [0.05, 0.1) is 58.2 Å². The molecule has 0 aliphatic heterocycles. The van der Waals surface area contributed by atoms with Gasteiger partial charge in [0.15, 0.2) is 11.6 Å². The van der Waals surface area contributed by atoms with Gasteiger partial charge < -0.3 is 35.5 Å². The summed E-state index contributed by atoms with van der Waals surface area (Å²) in [7, 11) is 1.59. The molecule has 0 radical (unpaired) electrons. The molecule has 0 aromatic heterocycles. The van der Waals surface area contributed by atoms with Gasteiger partial charge in [-0.3, -0.25) is 33.6 Å². The van der Waals surface area contributed by atoms with E-state index in [4.69, 9.17) is 14.2 Å². The van der Waals surface area contributed by atoms with Gasteiger partial charge in [-0.15, -0.1) is 0 Å². The molecule has 1 rings (SSSR count). The Hall–Kier alpha value is -4.22. The summed E-state index contributed by atoms with van der Waals surface area (Å²) >= 11 is 0. The SMILES string of the molecule is COCCOCCOCCC(=O)CCCCCC(NC(=O)CNC(=O)C(CC(=O)C(CC(C)C)NC(=O)CNC(=O)C(F)(F)F)Cc1ccccc1)C(C)=O. The molecule has 4 amide bonds. The molecule has 1 aromatic carbocycles. The predicted octanol–water partition coefficient (Wildman–Crippen LogP) is 2.79. The number of hydrogen-bond acceptors (Lipinski definition) is 10. The van der Waals surface area contributed by atoms with E-state index in [1.54, 1.807) is 51.3 Å². The minimum Gasteiger partial charge on any atom is -0.382 e. The van der Waals surface area contributed by atoms with E-state index in [0.717, 1.165) is 0 Å². The number of halogens is 3. The van der Waals surface area contributed by atoms with Crippen LogP contribution in [0.4, 0.5) is 13.2 Å². The second-order valence-electron chi connectivity index (χ2n) is 13.5. The molecule has 0 aliphatic rings. The molecule has 0 spiro atoms. The predicted molar refractivity (Wildman–Crippen MR) is 196 cm³/mol. The second kappa shape index (κ2) is 27.4. The van der Waals surface area contributed by atoms with Gasteiger partial charge in [-0.2, -0.15) is 13.2 Å². The average molecular weight is 787 g/mol. The van der Waals surface area contributed by atoms with Crippen molar-refractivity contribution in [3.8, 4) is 0 Å². The van der Waals surface area contributed by atoms with E-state index in [9.17, 15) is 46.7 Å². The van der Waals surface area contributed by atoms with Crippen LogP contribution in [0.5, 0.6) is 0 Å². The molecule has 1 aromatic rings. The highest BCUT2D eigenvalue weighted by atomic mass is 19.4. The van der Waals surface area contributed by atoms with Crippen molar-refractivity contribution in [2.24, 2.45) is 11.8 Å². The Labute approximate surface area is 320 Å². The average Bonchev–Trinajstić information content (AvgIpc) is 3.12. The Balaban J connectivity index is 2.69. The number of unbranched alkanes of at least 4 members (excludes halogenated alkanes) is 2. The standard InChI is InChI=1S/C38H57F3N4O10/c1-26(2)21-32(45-35(50)25-43-37(52)38(39,40)41)33(48)23-29(22-28-11-7-5-8-12-28)36(51)42-24-34(49)44-31(27(3)46)14-10-6-9-13-30(47)15-16-54-19-20-55-18-17-53-4/h5,7-8,11-12,26,29,31-32H,6,9-10,13-25H2,1-4H3,(H,42,51)(H,43,52)(H,44,49)(H,45,50). The summed E-state index contributed by atoms with van der Waals surface area (Å²) < 4.78 is 53.2. The second-order valence-corrected chi connectivity index (χ2v) is 13.5. The van der Waals surface area contributed by atoms with Crippen LogP contribution in [0.2, 0.25) is 0 Å². The van der Waals surface area contributed by atoms with Gasteiger partial charge in [-0.25, -0.2) is 0 Å². The number of benzene rings is 1. The van der Waals surface area contributed by atoms with Crippen LogP contribution in [0.25, 0.3) is 0 Å². The topological polar surface area (TPSA) is 195 Å². The first-order chi connectivity index (χ1) is 26.0. The van der Waals surface area contributed by atoms with Gasteiger partial charge in [-0.05, 0) is 44.1 Å². The number of rotatable bonds is 30. The van der Waals surface area contributed by atoms with E-state index in [-0.39, 0.29) is 36.7 Å². The minimum absolute atomic E-state index is 0.0646. The summed E-state index contributed by atoms with van der Waals surface area (Å²) in [5, 5.41) is 8.99. The van der Waals surface area contributed by atoms with Crippen LogP contribution in [-0.2, 0) is 54.2 Å². The van der Waals surface area contributed by atoms with Crippen molar-refractivity contribution in [3.05, 3.63) is 35.9 Å². The Kier molecular flexibility index (Phi) is 24.3. The third kappa shape index (κ3) is 23.3. The third-order valence-electron chi connectivity index (χ3n) is 8.27. The lowest BCUT2D eigenvalue weighted by atomic mass is 9.89. The molecule has 0 saturated carbocycles. The molecular weight excluding hydrogens is 729 g/mol. The van der Waals surface area contributed by atoms with E-state index in [1.807, 2.05) is 0 Å². The third-order valence-corrected chi connectivity index (χ3v) is 8.27. The maximum Gasteiger partial charge on any atom is 0.471 e. The maximum absolute atomic E-state index is 13.5. The quantitative estimate of drug-likeness (QED) is 0.0843. The van der Waals surface area contributed by atoms with Crippen LogP contribution in [0.3, 0.4) is 0 Å². The minimum atomic E-state index is -5.18. The summed E-state index contributed by atoms with van der Waals surface area (Å²) in [5.41, 5.74) is 0.713. The van der Waals surface area contributed by atoms with Gasteiger partial charge in [0.25, 0.3) is 0 Å². The summed E-state index contributed by atoms with van der Waals surface area (Å²) in [5.74, 6) is -6.46. The summed E-state index contributed by atoms with van der Waals surface area (Å²) in [4.78, 5) is 87.6. The fourth-order valence-corrected chi connectivity index (χ4v) is 5.35. The highest BCUT2D eigenvalue weighted by Gasteiger charge is 2.39. The zero-order valence-corrected chi connectivity index (χ0v) is 32.2. The summed E-state index contributed by atoms with van der Waals surface area (Å²) in [6.45, 7) is 5.47. The van der Waals surface area contributed by atoms with Crippen molar-refractivity contribution >= 4 is 41.0 Å². The molecule has 3 atom stereocenters. The molecule has 0 aliphatic carbocycles. The Morgan fingerprint density at radius 3 is 1.95 bits per heavy atom. The van der Waals surface area contributed by atoms with Gasteiger partial charge in [0.2, 0.25) is 17.7 Å². The zero-order valence-electron chi connectivity index (χ0n) is 32.2. The lowest BCUT2D eigenvalue weighted by Gasteiger charge is -2.23. The Morgan fingerprint density at radius 2 is 1.35 bits per heavy atom. The zero-order chi connectivity index (χ0) is 41.2. The molecule has 0 heterocycles. The number of Topliss-reactive ketones (excluding diaryl/α,β-unsaturated/α-hetero) is 3. The maximum atomic E-state index is 13.5. The Bertz CT molecular complexity index is 1360. The number of carbonyl (C=O) groups excluding carboxylic acids is 7. The fourth-order valence-electron chi connectivity index (χ4n) is 5.35. The van der Waals surface area contributed by atoms with Crippen molar-refractivity contribution < 1.29 is 60.9 Å². The molecule has 3 unspecified atom stereocenters. The number of methoxy groups -OCH3 is 1. The normalized spacial score (nSPS) is 13.0. The van der Waals surface area contributed by atoms with E-state index in [1.165, 1.54) is 12.2 Å². The van der Waals surface area contributed by atoms with Crippen LogP contribution in [-0.4, -0.2) is 112 Å². The molecule has 310 valence electrons. The van der Waals surface area contributed by atoms with Crippen molar-refractivity contribution in [2.75, 3.05) is 53.2 Å². The molecule has 0 fully saturated rings. The lowest BCUT2D eigenvalue weighted by Crippen LogP contribution is -2.49. The van der Waals surface area contributed by atoms with Crippen molar-refractivity contribution in [3.63, 3.8) is 0 Å². The van der Waals surface area contributed by atoms with E-state index < -0.39 is 66.7 Å². The molecular formula is C38H57F3N4O10. The molecule has 4 N–H and O–H groups in total. The number of hydrogen-bond donors (Lipinski definition) is 4. The monoisotopic (exact) mass is 786 g/mol. The molecule has 17 heteroatoms. The lowest BCUT2D eigenvalue weighted by molar-refractivity contribution is -0.173. The number of nitrogens with one attached hydrogen (secondary N) is 4. The fraction of sp³-hybridized carbons (Fsp3) is 0.658. The first kappa shape index (κ1) is 48.8. The number of alkyl halides is 3. The molecule has 0 bridgehead atoms. The number of amides is 4. The summed E-state index contributed by atoms with van der Waals surface area (Å²) in [6, 6.07) is 6.80. The highest BCUT2D eigenvalue weighted by Crippen LogP contribution is 2.18. The number of carbonyl (C=O) groups is 7. The van der Waals surface area contributed by atoms with Gasteiger partial charge >= 0.3 is 12.1 Å². The first-order valence-corrected chi connectivity index (χ1v) is 18.5. The molecule has 55 heavy (non-hydrogen) atoms. The van der Waals surface area contributed by atoms with Crippen LogP contribution < -0.4 is 21.3 Å². The van der Waals surface area contributed by atoms with Gasteiger partial charge in [-0.1, -0.05) is 57.0 Å². The van der Waals surface area contributed by atoms with Crippen molar-refractivity contribution in [1.29, 1.82) is 0 Å². The van der Waals surface area contributed by atoms with Gasteiger partial charge in [0, 0.05) is 32.3 Å². The largest absolute Gasteiger partial charge is 0.471 e. The van der Waals surface area contributed by atoms with Crippen LogP contribution in [0.1, 0.15) is 77.7 Å². The van der Waals surface area contributed by atoms with E-state index >= 15 is 0 Å².